The van der Waals surface area contributed by atoms with E-state index in [0.29, 0.717) is 17.1 Å². The number of thiocarbonyl (C=S) groups is 1. The molecule has 0 rings (SSSR count). The van der Waals surface area contributed by atoms with Gasteiger partial charge in [-0.3, -0.25) is 4.90 Å². The lowest BCUT2D eigenvalue weighted by Gasteiger charge is -2.36. The zero-order valence-corrected chi connectivity index (χ0v) is 12.2. The summed E-state index contributed by atoms with van der Waals surface area (Å²) in [5.74, 6) is 0. The molecule has 16 heavy (non-hydrogen) atoms. The third-order valence-electron chi connectivity index (χ3n) is 2.94. The highest BCUT2D eigenvalue weighted by atomic mass is 32.1. The third-order valence-corrected chi connectivity index (χ3v) is 3.10. The van der Waals surface area contributed by atoms with Crippen LogP contribution in [0.15, 0.2) is 0 Å². The molecule has 96 valence electrons. The summed E-state index contributed by atoms with van der Waals surface area (Å²) in [5, 5.41) is 0. The van der Waals surface area contributed by atoms with Crippen LogP contribution in [0.1, 0.15) is 33.6 Å². The number of rotatable bonds is 8. The summed E-state index contributed by atoms with van der Waals surface area (Å²) in [7, 11) is 4.22. The molecule has 0 aliphatic rings. The highest BCUT2D eigenvalue weighted by molar-refractivity contribution is 7.80. The normalized spacial score (nSPS) is 15.4. The predicted octanol–water partition coefficient (Wildman–Crippen LogP) is 1.71. The van der Waals surface area contributed by atoms with E-state index in [2.05, 4.69) is 44.7 Å². The van der Waals surface area contributed by atoms with E-state index in [1.807, 2.05) is 0 Å². The molecular weight excluding hydrogens is 218 g/mol. The third kappa shape index (κ3) is 5.77. The summed E-state index contributed by atoms with van der Waals surface area (Å²) < 4.78 is 0. The Morgan fingerprint density at radius 2 is 1.88 bits per heavy atom. The second kappa shape index (κ2) is 7.98. The molecule has 0 saturated carbocycles. The van der Waals surface area contributed by atoms with Crippen LogP contribution in [0.5, 0.6) is 0 Å². The van der Waals surface area contributed by atoms with Gasteiger partial charge < -0.3 is 10.6 Å². The fraction of sp³-hybridized carbons (Fsp3) is 0.917. The smallest absolute Gasteiger partial charge is 0.0743 e. The Bertz CT molecular complexity index is 206. The molecule has 0 saturated heterocycles. The summed E-state index contributed by atoms with van der Waals surface area (Å²) in [6, 6.07) is 1.02. The molecule has 2 atom stereocenters. The highest BCUT2D eigenvalue weighted by Gasteiger charge is 2.21. The van der Waals surface area contributed by atoms with E-state index in [1.165, 1.54) is 0 Å². The van der Waals surface area contributed by atoms with Crippen LogP contribution in [0.3, 0.4) is 0 Å². The molecule has 0 aromatic rings. The average molecular weight is 245 g/mol. The molecule has 2 N–H and O–H groups in total. The Morgan fingerprint density at radius 3 is 2.19 bits per heavy atom. The maximum Gasteiger partial charge on any atom is 0.0743 e. The molecule has 2 unspecified atom stereocenters. The Morgan fingerprint density at radius 1 is 1.31 bits per heavy atom. The molecule has 0 aromatic carbocycles. The molecule has 0 aliphatic carbocycles. The van der Waals surface area contributed by atoms with Gasteiger partial charge in [-0.05, 0) is 34.0 Å². The van der Waals surface area contributed by atoms with Gasteiger partial charge in [-0.15, -0.1) is 0 Å². The van der Waals surface area contributed by atoms with E-state index < -0.39 is 0 Å². The van der Waals surface area contributed by atoms with Crippen LogP contribution in [-0.2, 0) is 0 Å². The Balaban J connectivity index is 4.46. The topological polar surface area (TPSA) is 32.5 Å². The van der Waals surface area contributed by atoms with Crippen LogP contribution in [0, 0.1) is 0 Å². The van der Waals surface area contributed by atoms with Crippen molar-refractivity contribution in [3.8, 4) is 0 Å². The van der Waals surface area contributed by atoms with Gasteiger partial charge in [0.05, 0.1) is 4.99 Å². The van der Waals surface area contributed by atoms with Gasteiger partial charge in [0.2, 0.25) is 0 Å². The van der Waals surface area contributed by atoms with Crippen molar-refractivity contribution in [1.29, 1.82) is 0 Å². The van der Waals surface area contributed by atoms with E-state index in [9.17, 15) is 0 Å². The first kappa shape index (κ1) is 15.8. The summed E-state index contributed by atoms with van der Waals surface area (Å²) in [6.07, 6.45) is 1.93. The first-order chi connectivity index (χ1) is 7.42. The van der Waals surface area contributed by atoms with E-state index in [0.717, 1.165) is 25.9 Å². The van der Waals surface area contributed by atoms with Gasteiger partial charge in [-0.2, -0.15) is 0 Å². The molecule has 0 amide bonds. The zero-order valence-electron chi connectivity index (χ0n) is 11.4. The fourth-order valence-corrected chi connectivity index (χ4v) is 2.48. The first-order valence-corrected chi connectivity index (χ1v) is 6.51. The minimum Gasteiger partial charge on any atom is -0.393 e. The predicted molar refractivity (Wildman–Crippen MR) is 75.9 cm³/mol. The quantitative estimate of drug-likeness (QED) is 0.660. The highest BCUT2D eigenvalue weighted by Crippen LogP contribution is 2.13. The number of hydrogen-bond donors (Lipinski definition) is 1. The minimum absolute atomic E-state index is 0.484. The van der Waals surface area contributed by atoms with Crippen LogP contribution < -0.4 is 5.73 Å². The van der Waals surface area contributed by atoms with E-state index in [-0.39, 0.29) is 0 Å². The maximum absolute atomic E-state index is 5.66. The van der Waals surface area contributed by atoms with E-state index >= 15 is 0 Å². The minimum atomic E-state index is 0.484. The molecule has 0 spiro atoms. The van der Waals surface area contributed by atoms with Crippen LogP contribution >= 0.6 is 12.2 Å². The van der Waals surface area contributed by atoms with Crippen LogP contribution in [0.4, 0.5) is 0 Å². The Labute approximate surface area is 106 Å². The maximum atomic E-state index is 5.66. The van der Waals surface area contributed by atoms with Crippen molar-refractivity contribution in [1.82, 2.24) is 9.80 Å². The second-order valence-electron chi connectivity index (χ2n) is 4.67. The van der Waals surface area contributed by atoms with Crippen molar-refractivity contribution in [2.45, 2.75) is 45.7 Å². The van der Waals surface area contributed by atoms with Crippen molar-refractivity contribution in [3.63, 3.8) is 0 Å². The first-order valence-electron chi connectivity index (χ1n) is 6.11. The second-order valence-corrected chi connectivity index (χ2v) is 5.20. The van der Waals surface area contributed by atoms with Gasteiger partial charge in [0.25, 0.3) is 0 Å². The molecule has 0 fully saturated rings. The number of nitrogens with zero attached hydrogens (tertiary/aromatic N) is 2. The van der Waals surface area contributed by atoms with Crippen LogP contribution in [0.25, 0.3) is 0 Å². The lowest BCUT2D eigenvalue weighted by Crippen LogP contribution is -2.47. The van der Waals surface area contributed by atoms with E-state index in [4.69, 9.17) is 18.0 Å². The SMILES string of the molecule is CCC(CC(N)=S)N(CC)C(C)CN(C)C. The molecule has 0 bridgehead atoms. The van der Waals surface area contributed by atoms with Gasteiger partial charge >= 0.3 is 0 Å². The van der Waals surface area contributed by atoms with Crippen molar-refractivity contribution >= 4 is 17.2 Å². The van der Waals surface area contributed by atoms with Crippen LogP contribution in [-0.4, -0.2) is 54.1 Å². The molecule has 0 radical (unpaired) electrons. The van der Waals surface area contributed by atoms with Crippen molar-refractivity contribution in [3.05, 3.63) is 0 Å². The van der Waals surface area contributed by atoms with Crippen LogP contribution in [0.2, 0.25) is 0 Å². The summed E-state index contributed by atoms with van der Waals surface area (Å²) in [4.78, 5) is 5.35. The average Bonchev–Trinajstić information content (AvgIpc) is 2.15. The standard InChI is InChI=1S/C12H27N3S/c1-6-11(8-12(13)16)15(7-2)10(3)9-14(4)5/h10-11H,6-9H2,1-5H3,(H2,13,16). The monoisotopic (exact) mass is 245 g/mol. The number of hydrogen-bond acceptors (Lipinski definition) is 3. The molecular formula is C12H27N3S. The summed E-state index contributed by atoms with van der Waals surface area (Å²) in [6.45, 7) is 8.80. The van der Waals surface area contributed by atoms with Gasteiger partial charge in [0, 0.05) is 25.0 Å². The van der Waals surface area contributed by atoms with Gasteiger partial charge in [0.1, 0.15) is 0 Å². The number of nitrogens with two attached hydrogens (primary N) is 1. The fourth-order valence-electron chi connectivity index (χ4n) is 2.29. The molecule has 0 aliphatic heterocycles. The van der Waals surface area contributed by atoms with E-state index in [1.54, 1.807) is 0 Å². The largest absolute Gasteiger partial charge is 0.393 e. The molecule has 0 aromatic heterocycles. The lowest BCUT2D eigenvalue weighted by molar-refractivity contribution is 0.127. The van der Waals surface area contributed by atoms with Gasteiger partial charge in [-0.25, -0.2) is 0 Å². The van der Waals surface area contributed by atoms with Crippen molar-refractivity contribution in [2.24, 2.45) is 5.73 Å². The Kier molecular flexibility index (Phi) is 7.89. The van der Waals surface area contributed by atoms with Crippen molar-refractivity contribution in [2.75, 3.05) is 27.2 Å². The lowest BCUT2D eigenvalue weighted by atomic mass is 10.1. The summed E-state index contributed by atoms with van der Waals surface area (Å²) in [5.41, 5.74) is 5.66. The van der Waals surface area contributed by atoms with Crippen molar-refractivity contribution < 1.29 is 0 Å². The zero-order chi connectivity index (χ0) is 12.7. The molecule has 3 nitrogen and oxygen atoms in total. The molecule has 4 heteroatoms. The van der Waals surface area contributed by atoms with Gasteiger partial charge in [-0.1, -0.05) is 26.1 Å². The number of likely N-dealkylation sites (N-methyl/N-ethyl adjacent to an activating group) is 2. The molecule has 0 heterocycles. The van der Waals surface area contributed by atoms with Gasteiger partial charge in [0.15, 0.2) is 0 Å². The Hall–Kier alpha value is -0.190. The summed E-state index contributed by atoms with van der Waals surface area (Å²) >= 11 is 5.02.